The lowest BCUT2D eigenvalue weighted by atomic mass is 9.90. The first kappa shape index (κ1) is 22.2. The van der Waals surface area contributed by atoms with E-state index in [0.29, 0.717) is 22.9 Å². The maximum atomic E-state index is 14.0. The van der Waals surface area contributed by atoms with Gasteiger partial charge in [0.1, 0.15) is 5.83 Å². The number of hydrogen-bond acceptors (Lipinski definition) is 4. The molecule has 1 amide bonds. The van der Waals surface area contributed by atoms with Crippen LogP contribution in [-0.2, 0) is 4.79 Å². The molecule has 0 saturated heterocycles. The Hall–Kier alpha value is -2.05. The lowest BCUT2D eigenvalue weighted by Gasteiger charge is -2.30. The van der Waals surface area contributed by atoms with Crippen LogP contribution in [0.2, 0.25) is 0 Å². The lowest BCUT2D eigenvalue weighted by molar-refractivity contribution is -0.116. The van der Waals surface area contributed by atoms with Crippen LogP contribution in [0.15, 0.2) is 75.2 Å². The van der Waals surface area contributed by atoms with Crippen LogP contribution in [0.4, 0.5) is 4.39 Å². The van der Waals surface area contributed by atoms with Crippen LogP contribution in [0.25, 0.3) is 0 Å². The van der Waals surface area contributed by atoms with Crippen molar-refractivity contribution in [2.24, 2.45) is 10.7 Å². The third kappa shape index (κ3) is 5.72. The van der Waals surface area contributed by atoms with Gasteiger partial charge in [0.05, 0.1) is 11.1 Å². The van der Waals surface area contributed by atoms with E-state index in [9.17, 15) is 9.18 Å². The zero-order valence-electron chi connectivity index (χ0n) is 16.3. The largest absolute Gasteiger partial charge is 0.379 e. The molecule has 7 heteroatoms. The van der Waals surface area contributed by atoms with Gasteiger partial charge in [-0.2, -0.15) is 0 Å². The van der Waals surface area contributed by atoms with E-state index in [4.69, 9.17) is 17.3 Å². The molecule has 2 rings (SSSR count). The molecule has 0 aromatic carbocycles. The van der Waals surface area contributed by atoms with E-state index in [1.54, 1.807) is 36.9 Å². The number of allylic oxidation sites excluding steroid dienone is 7. The normalized spacial score (nSPS) is 23.8. The molecule has 3 N–H and O–H groups in total. The Bertz CT molecular complexity index is 867. The first-order chi connectivity index (χ1) is 13.1. The number of halogens is 2. The molecule has 0 bridgehead atoms. The molecule has 1 heterocycles. The fourth-order valence-corrected chi connectivity index (χ4v) is 3.85. The van der Waals surface area contributed by atoms with E-state index in [2.05, 4.69) is 16.9 Å². The average molecular weight is 422 g/mol. The first-order valence-corrected chi connectivity index (χ1v) is 10.3. The molecular weight excluding hydrogens is 397 g/mol. The maximum Gasteiger partial charge on any atom is 0.257 e. The van der Waals surface area contributed by atoms with Crippen molar-refractivity contribution in [2.75, 3.05) is 5.75 Å². The van der Waals surface area contributed by atoms with Gasteiger partial charge in [0.2, 0.25) is 0 Å². The lowest BCUT2D eigenvalue weighted by Crippen LogP contribution is -2.31. The van der Waals surface area contributed by atoms with Crippen molar-refractivity contribution in [3.05, 3.63) is 70.2 Å². The highest BCUT2D eigenvalue weighted by molar-refractivity contribution is 8.13. The van der Waals surface area contributed by atoms with Crippen molar-refractivity contribution < 1.29 is 9.18 Å². The van der Waals surface area contributed by atoms with Gasteiger partial charge in [-0.05, 0) is 56.9 Å². The fourth-order valence-electron chi connectivity index (χ4n) is 2.66. The van der Waals surface area contributed by atoms with Gasteiger partial charge < -0.3 is 11.1 Å². The van der Waals surface area contributed by atoms with Crippen LogP contribution in [0.1, 0.15) is 33.6 Å². The van der Waals surface area contributed by atoms with Gasteiger partial charge in [-0.25, -0.2) is 4.39 Å². The summed E-state index contributed by atoms with van der Waals surface area (Å²) in [5.41, 5.74) is 7.56. The maximum absolute atomic E-state index is 14.0. The molecule has 0 fully saturated rings. The SMILES string of the molecule is C=C(/C=C\C=C(/C)C1(C)CCSC(N)=N1)NC(=O)C1=CC(F)=C(C)CC=C1Cl. The van der Waals surface area contributed by atoms with E-state index >= 15 is 0 Å². The summed E-state index contributed by atoms with van der Waals surface area (Å²) < 4.78 is 14.0. The highest BCUT2D eigenvalue weighted by Gasteiger charge is 2.28. The summed E-state index contributed by atoms with van der Waals surface area (Å²) in [4.78, 5) is 17.0. The van der Waals surface area contributed by atoms with Gasteiger partial charge in [0, 0.05) is 16.5 Å². The van der Waals surface area contributed by atoms with Gasteiger partial charge in [-0.15, -0.1) is 0 Å². The zero-order valence-corrected chi connectivity index (χ0v) is 17.9. The second-order valence-electron chi connectivity index (χ2n) is 6.95. The van der Waals surface area contributed by atoms with Gasteiger partial charge >= 0.3 is 0 Å². The van der Waals surface area contributed by atoms with Gasteiger partial charge in [-0.3, -0.25) is 9.79 Å². The summed E-state index contributed by atoms with van der Waals surface area (Å²) >= 11 is 7.67. The summed E-state index contributed by atoms with van der Waals surface area (Å²) in [6.07, 6.45) is 9.43. The Balaban J connectivity index is 2.04. The standard InChI is InChI=1S/C21H25ClFN3OS/c1-13-8-9-17(22)16(12-18(13)23)19(27)25-15(3)7-5-6-14(2)21(4)10-11-28-20(24)26-21/h5-7,9,12H,3,8,10-11H2,1-2,4H3,(H2,24,26)(H,25,27)/b7-5-,14-6+. The summed E-state index contributed by atoms with van der Waals surface area (Å²) in [6, 6.07) is 0. The highest BCUT2D eigenvalue weighted by atomic mass is 35.5. The number of carbonyl (C=O) groups is 1. The van der Waals surface area contributed by atoms with Crippen molar-refractivity contribution in [2.45, 2.75) is 39.2 Å². The third-order valence-electron chi connectivity index (χ3n) is 4.73. The predicted molar refractivity (Wildman–Crippen MR) is 118 cm³/mol. The first-order valence-electron chi connectivity index (χ1n) is 8.89. The molecule has 1 aliphatic carbocycles. The minimum Gasteiger partial charge on any atom is -0.379 e. The van der Waals surface area contributed by atoms with Crippen LogP contribution < -0.4 is 11.1 Å². The predicted octanol–water partition coefficient (Wildman–Crippen LogP) is 5.03. The number of rotatable bonds is 5. The highest BCUT2D eigenvalue weighted by Crippen LogP contribution is 2.31. The molecule has 1 aliphatic heterocycles. The number of aliphatic imine (C=N–C) groups is 1. The number of nitrogens with one attached hydrogen (secondary N) is 1. The van der Waals surface area contributed by atoms with Crippen molar-refractivity contribution in [1.82, 2.24) is 5.32 Å². The molecule has 4 nitrogen and oxygen atoms in total. The number of thioether (sulfide) groups is 1. The summed E-state index contributed by atoms with van der Waals surface area (Å²) in [6.45, 7) is 9.52. The number of carbonyl (C=O) groups excluding carboxylic acids is 1. The van der Waals surface area contributed by atoms with Crippen LogP contribution in [0.3, 0.4) is 0 Å². The summed E-state index contributed by atoms with van der Waals surface area (Å²) in [5, 5.41) is 3.45. The van der Waals surface area contributed by atoms with Crippen LogP contribution in [0.5, 0.6) is 0 Å². The number of hydrogen-bond donors (Lipinski definition) is 2. The molecule has 1 unspecified atom stereocenters. The van der Waals surface area contributed by atoms with Gasteiger partial charge in [0.15, 0.2) is 5.17 Å². The Morgan fingerprint density at radius 1 is 1.54 bits per heavy atom. The third-order valence-corrected chi connectivity index (χ3v) is 5.88. The average Bonchev–Trinajstić information content (AvgIpc) is 2.74. The second kappa shape index (κ2) is 9.43. The Labute approximate surface area is 174 Å². The van der Waals surface area contributed by atoms with E-state index in [1.807, 2.05) is 19.9 Å². The zero-order chi connectivity index (χ0) is 20.9. The van der Waals surface area contributed by atoms with Crippen molar-refractivity contribution in [3.63, 3.8) is 0 Å². The minimum absolute atomic E-state index is 0.0781. The van der Waals surface area contributed by atoms with Gasteiger partial charge in [-0.1, -0.05) is 48.2 Å². The minimum atomic E-state index is -0.505. The molecule has 0 aromatic heterocycles. The van der Waals surface area contributed by atoms with Crippen LogP contribution >= 0.6 is 23.4 Å². The Kier molecular flexibility index (Phi) is 7.49. The van der Waals surface area contributed by atoms with Crippen LogP contribution in [-0.4, -0.2) is 22.4 Å². The molecule has 0 radical (unpaired) electrons. The van der Waals surface area contributed by atoms with E-state index in [-0.39, 0.29) is 16.1 Å². The number of amidine groups is 1. The van der Waals surface area contributed by atoms with Crippen molar-refractivity contribution >= 4 is 34.4 Å². The van der Waals surface area contributed by atoms with E-state index in [1.165, 1.54) is 0 Å². The topological polar surface area (TPSA) is 67.5 Å². The molecule has 0 aromatic rings. The van der Waals surface area contributed by atoms with E-state index < -0.39 is 11.7 Å². The molecule has 0 saturated carbocycles. The molecular formula is C21H25ClFN3OS. The quantitative estimate of drug-likeness (QED) is 0.612. The monoisotopic (exact) mass is 421 g/mol. The second-order valence-corrected chi connectivity index (χ2v) is 8.48. The molecule has 2 aliphatic rings. The van der Waals surface area contributed by atoms with Crippen LogP contribution in [0, 0.1) is 0 Å². The molecule has 1 atom stereocenters. The number of amides is 1. The summed E-state index contributed by atoms with van der Waals surface area (Å²) in [7, 11) is 0. The number of nitrogens with zero attached hydrogens (tertiary/aromatic N) is 1. The molecule has 150 valence electrons. The van der Waals surface area contributed by atoms with Crippen molar-refractivity contribution in [3.8, 4) is 0 Å². The number of nitrogens with two attached hydrogens (primary N) is 1. The Morgan fingerprint density at radius 3 is 2.93 bits per heavy atom. The smallest absolute Gasteiger partial charge is 0.257 e. The van der Waals surface area contributed by atoms with Gasteiger partial charge in [0.25, 0.3) is 5.91 Å². The molecule has 0 spiro atoms. The summed E-state index contributed by atoms with van der Waals surface area (Å²) in [5.74, 6) is -0.0252. The van der Waals surface area contributed by atoms with E-state index in [0.717, 1.165) is 23.8 Å². The Morgan fingerprint density at radius 2 is 2.25 bits per heavy atom. The molecule has 28 heavy (non-hydrogen) atoms. The fraction of sp³-hybridized carbons (Fsp3) is 0.333. The van der Waals surface area contributed by atoms with Crippen molar-refractivity contribution in [1.29, 1.82) is 0 Å².